The predicted molar refractivity (Wildman–Crippen MR) is 148 cm³/mol. The Morgan fingerprint density at radius 1 is 1.10 bits per heavy atom. The number of nitrogens with zero attached hydrogens (tertiary/aromatic N) is 3. The third-order valence-electron chi connectivity index (χ3n) is 6.83. The fourth-order valence-electron chi connectivity index (χ4n) is 5.16. The molecule has 0 saturated heterocycles. The number of fused-ring (bicyclic) bond motifs is 2. The number of amides is 1. The molecule has 0 N–H and O–H groups in total. The summed E-state index contributed by atoms with van der Waals surface area (Å²) < 4.78 is 18.2. The van der Waals surface area contributed by atoms with Crippen LogP contribution in [-0.2, 0) is 14.3 Å². The van der Waals surface area contributed by atoms with E-state index in [1.54, 1.807) is 36.9 Å². The summed E-state index contributed by atoms with van der Waals surface area (Å²) >= 11 is 1.13. The van der Waals surface area contributed by atoms with E-state index in [2.05, 4.69) is 4.99 Å². The highest BCUT2D eigenvalue weighted by Crippen LogP contribution is 2.39. The summed E-state index contributed by atoms with van der Waals surface area (Å²) in [5.74, 6) is 0.165. The number of rotatable bonds is 6. The molecule has 0 saturated carbocycles. The molecule has 0 bridgehead atoms. The highest BCUT2D eigenvalue weighted by atomic mass is 32.1. The van der Waals surface area contributed by atoms with Crippen LogP contribution in [0.3, 0.4) is 0 Å². The van der Waals surface area contributed by atoms with Crippen molar-refractivity contribution in [3.8, 4) is 11.5 Å². The SMILES string of the molecule is CCOC(=O)C1=C(C)N=c2s/c(=C3/C(=O)N(C(C)C)c4ccccc43)c(=O)n2[C@@H]1c1cc(OC)ccc1OC. The number of allylic oxidation sites excluding steroid dienone is 1. The third kappa shape index (κ3) is 4.15. The lowest BCUT2D eigenvalue weighted by atomic mass is 9.94. The Kier molecular flexibility index (Phi) is 6.90. The van der Waals surface area contributed by atoms with Gasteiger partial charge in [-0.1, -0.05) is 29.5 Å². The number of carbonyl (C=O) groups is 2. The Hall–Kier alpha value is -4.18. The Morgan fingerprint density at radius 2 is 1.85 bits per heavy atom. The largest absolute Gasteiger partial charge is 0.497 e. The zero-order valence-electron chi connectivity index (χ0n) is 22.6. The number of aromatic nitrogens is 1. The minimum Gasteiger partial charge on any atom is -0.497 e. The molecule has 9 nitrogen and oxygen atoms in total. The second-order valence-corrected chi connectivity index (χ2v) is 10.4. The summed E-state index contributed by atoms with van der Waals surface area (Å²) in [6.07, 6.45) is 0. The second-order valence-electron chi connectivity index (χ2n) is 9.39. The number of anilines is 1. The molecule has 0 unspecified atom stereocenters. The summed E-state index contributed by atoms with van der Waals surface area (Å²) in [5, 5.41) is 0. The molecule has 1 amide bonds. The molecular weight excluding hydrogens is 518 g/mol. The molecule has 5 rings (SSSR count). The van der Waals surface area contributed by atoms with Crippen LogP contribution in [0.15, 0.2) is 63.5 Å². The van der Waals surface area contributed by atoms with E-state index in [-0.39, 0.29) is 28.7 Å². The standard InChI is InChI=1S/C29H29N3O6S/c1-7-38-28(35)22-16(4)30-29-32(24(22)19-14-17(36-5)12-13-21(19)37-6)27(34)25(39-29)23-18-10-8-9-11-20(18)31(15(2)3)26(23)33/h8-15,24H,7H2,1-6H3/b25-23+/t24-/m1/s1. The lowest BCUT2D eigenvalue weighted by Crippen LogP contribution is -2.41. The van der Waals surface area contributed by atoms with Gasteiger partial charge in [0.05, 0.1) is 43.4 Å². The molecule has 39 heavy (non-hydrogen) atoms. The van der Waals surface area contributed by atoms with Gasteiger partial charge in [-0.25, -0.2) is 9.79 Å². The average Bonchev–Trinajstić information content (AvgIpc) is 3.39. The van der Waals surface area contributed by atoms with E-state index >= 15 is 0 Å². The zero-order chi connectivity index (χ0) is 28.0. The maximum atomic E-state index is 14.3. The van der Waals surface area contributed by atoms with Gasteiger partial charge in [-0.15, -0.1) is 0 Å². The van der Waals surface area contributed by atoms with Crippen LogP contribution in [0.25, 0.3) is 5.57 Å². The van der Waals surface area contributed by atoms with Crippen molar-refractivity contribution in [2.24, 2.45) is 4.99 Å². The Morgan fingerprint density at radius 3 is 2.51 bits per heavy atom. The molecule has 0 aliphatic carbocycles. The van der Waals surface area contributed by atoms with Gasteiger partial charge in [0.1, 0.15) is 22.1 Å². The molecular formula is C29H29N3O6S. The summed E-state index contributed by atoms with van der Waals surface area (Å²) in [4.78, 5) is 48.0. The van der Waals surface area contributed by atoms with E-state index < -0.39 is 17.6 Å². The lowest BCUT2D eigenvalue weighted by molar-refractivity contribution is -0.139. The predicted octanol–water partition coefficient (Wildman–Crippen LogP) is 2.94. The number of carbonyl (C=O) groups excluding carboxylic acids is 2. The maximum Gasteiger partial charge on any atom is 0.338 e. The second kappa shape index (κ2) is 10.2. The van der Waals surface area contributed by atoms with Crippen molar-refractivity contribution < 1.29 is 23.8 Å². The van der Waals surface area contributed by atoms with Crippen LogP contribution in [0.5, 0.6) is 11.5 Å². The quantitative estimate of drug-likeness (QED) is 0.440. The molecule has 2 aliphatic heterocycles. The third-order valence-corrected chi connectivity index (χ3v) is 7.89. The van der Waals surface area contributed by atoms with E-state index in [1.807, 2.05) is 38.1 Å². The monoisotopic (exact) mass is 547 g/mol. The van der Waals surface area contributed by atoms with Crippen molar-refractivity contribution in [3.63, 3.8) is 0 Å². The number of thiazole rings is 1. The summed E-state index contributed by atoms with van der Waals surface area (Å²) in [5.41, 5.74) is 2.53. The van der Waals surface area contributed by atoms with Crippen molar-refractivity contribution in [2.75, 3.05) is 25.7 Å². The Bertz CT molecular complexity index is 1720. The summed E-state index contributed by atoms with van der Waals surface area (Å²) in [7, 11) is 3.06. The molecule has 202 valence electrons. The molecule has 2 aliphatic rings. The summed E-state index contributed by atoms with van der Waals surface area (Å²) in [6.45, 7) is 7.45. The van der Waals surface area contributed by atoms with E-state index in [1.165, 1.54) is 18.8 Å². The van der Waals surface area contributed by atoms with Crippen LogP contribution in [0.2, 0.25) is 0 Å². The van der Waals surface area contributed by atoms with Crippen LogP contribution in [0.1, 0.15) is 44.9 Å². The molecule has 0 spiro atoms. The van der Waals surface area contributed by atoms with E-state index in [0.29, 0.717) is 38.7 Å². The van der Waals surface area contributed by atoms with E-state index in [9.17, 15) is 14.4 Å². The van der Waals surface area contributed by atoms with Gasteiger partial charge in [-0.2, -0.15) is 0 Å². The number of hydrogen-bond acceptors (Lipinski definition) is 8. The fourth-order valence-corrected chi connectivity index (χ4v) is 6.30. The van der Waals surface area contributed by atoms with Gasteiger partial charge < -0.3 is 19.1 Å². The first-order valence-corrected chi connectivity index (χ1v) is 13.4. The maximum absolute atomic E-state index is 14.3. The van der Waals surface area contributed by atoms with Gasteiger partial charge in [-0.3, -0.25) is 14.2 Å². The number of para-hydroxylation sites is 1. The van der Waals surface area contributed by atoms with Crippen LogP contribution in [0, 0.1) is 0 Å². The molecule has 1 aromatic heterocycles. The van der Waals surface area contributed by atoms with Gasteiger partial charge in [-0.05, 0) is 52.0 Å². The van der Waals surface area contributed by atoms with Gasteiger partial charge >= 0.3 is 5.97 Å². The van der Waals surface area contributed by atoms with E-state index in [4.69, 9.17) is 14.2 Å². The van der Waals surface area contributed by atoms with Gasteiger partial charge in [0, 0.05) is 17.2 Å². The van der Waals surface area contributed by atoms with Crippen molar-refractivity contribution in [1.29, 1.82) is 0 Å². The number of benzene rings is 2. The van der Waals surface area contributed by atoms with Crippen molar-refractivity contribution >= 4 is 34.5 Å². The molecule has 3 heterocycles. The minimum atomic E-state index is -0.910. The van der Waals surface area contributed by atoms with Gasteiger partial charge in [0.25, 0.3) is 11.5 Å². The average molecular weight is 548 g/mol. The normalized spacial score (nSPS) is 17.7. The first kappa shape index (κ1) is 26.4. The first-order chi connectivity index (χ1) is 18.7. The van der Waals surface area contributed by atoms with Crippen molar-refractivity contribution in [2.45, 2.75) is 39.8 Å². The van der Waals surface area contributed by atoms with Gasteiger partial charge in [0.2, 0.25) is 0 Å². The molecule has 2 aromatic carbocycles. The van der Waals surface area contributed by atoms with Crippen molar-refractivity contribution in [1.82, 2.24) is 4.57 Å². The van der Waals surface area contributed by atoms with Crippen LogP contribution in [-0.4, -0.2) is 43.3 Å². The minimum absolute atomic E-state index is 0.105. The van der Waals surface area contributed by atoms with Crippen molar-refractivity contribution in [3.05, 3.63) is 84.5 Å². The highest BCUT2D eigenvalue weighted by molar-refractivity contribution is 7.07. The Labute approximate surface area is 229 Å². The molecule has 10 heteroatoms. The number of hydrogen-bond donors (Lipinski definition) is 0. The highest BCUT2D eigenvalue weighted by Gasteiger charge is 2.39. The first-order valence-electron chi connectivity index (χ1n) is 12.6. The fraction of sp³-hybridized carbons (Fsp3) is 0.310. The van der Waals surface area contributed by atoms with Crippen LogP contribution >= 0.6 is 11.3 Å². The van der Waals surface area contributed by atoms with Crippen LogP contribution < -0.4 is 29.3 Å². The van der Waals surface area contributed by atoms with Gasteiger partial charge in [0.15, 0.2) is 4.80 Å². The number of ether oxygens (including phenoxy) is 3. The lowest BCUT2D eigenvalue weighted by Gasteiger charge is -2.26. The number of methoxy groups -OCH3 is 2. The zero-order valence-corrected chi connectivity index (χ0v) is 23.4. The molecule has 0 radical (unpaired) electrons. The Balaban J connectivity index is 1.86. The summed E-state index contributed by atoms with van der Waals surface area (Å²) in [6, 6.07) is 11.6. The molecule has 3 aromatic rings. The number of esters is 1. The smallest absolute Gasteiger partial charge is 0.338 e. The molecule has 0 fully saturated rings. The topological polar surface area (TPSA) is 99.4 Å². The molecule has 1 atom stereocenters. The van der Waals surface area contributed by atoms with Crippen LogP contribution in [0.4, 0.5) is 5.69 Å². The van der Waals surface area contributed by atoms with E-state index in [0.717, 1.165) is 17.0 Å².